The zero-order valence-electron chi connectivity index (χ0n) is 5.85. The normalized spacial score (nSPS) is 46.1. The Bertz CT molecular complexity index is 167. The number of ketones is 1. The summed E-state index contributed by atoms with van der Waals surface area (Å²) in [4.78, 5) is 11.2. The van der Waals surface area contributed by atoms with Crippen LogP contribution in [-0.2, 0) is 4.79 Å². The van der Waals surface area contributed by atoms with Crippen molar-refractivity contribution in [3.63, 3.8) is 0 Å². The summed E-state index contributed by atoms with van der Waals surface area (Å²) in [6.45, 7) is 0. The second-order valence-corrected chi connectivity index (χ2v) is 4.03. The number of Topliss-reactive ketones (excluding diaryl/α,β-unsaturated/α-hetero) is 1. The van der Waals surface area contributed by atoms with E-state index in [-0.39, 0.29) is 11.3 Å². The van der Waals surface area contributed by atoms with Crippen LogP contribution >= 0.6 is 11.6 Å². The smallest absolute Gasteiger partial charge is 0.137 e. The number of fused-ring (bicyclic) bond motifs is 2. The topological polar surface area (TPSA) is 17.1 Å². The third-order valence-corrected chi connectivity index (χ3v) is 3.30. The van der Waals surface area contributed by atoms with E-state index in [1.807, 2.05) is 0 Å². The van der Waals surface area contributed by atoms with E-state index in [0.29, 0.717) is 11.7 Å². The fourth-order valence-corrected chi connectivity index (χ4v) is 2.54. The molecule has 0 aliphatic heterocycles. The summed E-state index contributed by atoms with van der Waals surface area (Å²) in [5.41, 5.74) is 0. The molecular formula is C8H11ClO. The molecule has 0 spiro atoms. The summed E-state index contributed by atoms with van der Waals surface area (Å²) in [6, 6.07) is 0. The molecule has 10 heavy (non-hydrogen) atoms. The maximum atomic E-state index is 11.2. The van der Waals surface area contributed by atoms with Gasteiger partial charge in [-0.15, -0.1) is 11.6 Å². The molecule has 2 rings (SSSR count). The number of carbonyl (C=O) groups is 1. The monoisotopic (exact) mass is 158 g/mol. The lowest BCUT2D eigenvalue weighted by atomic mass is 9.89. The zero-order chi connectivity index (χ0) is 7.14. The predicted molar refractivity (Wildman–Crippen MR) is 40.1 cm³/mol. The highest BCUT2D eigenvalue weighted by atomic mass is 35.5. The Morgan fingerprint density at radius 1 is 1.40 bits per heavy atom. The van der Waals surface area contributed by atoms with Crippen molar-refractivity contribution in [1.29, 1.82) is 0 Å². The largest absolute Gasteiger partial charge is 0.299 e. The molecule has 2 bridgehead atoms. The first kappa shape index (κ1) is 6.66. The van der Waals surface area contributed by atoms with Crippen LogP contribution in [0.25, 0.3) is 0 Å². The zero-order valence-corrected chi connectivity index (χ0v) is 6.60. The maximum absolute atomic E-state index is 11.2. The van der Waals surface area contributed by atoms with E-state index in [1.165, 1.54) is 6.42 Å². The molecule has 0 saturated heterocycles. The highest BCUT2D eigenvalue weighted by molar-refractivity contribution is 6.22. The van der Waals surface area contributed by atoms with E-state index in [0.717, 1.165) is 19.3 Å². The van der Waals surface area contributed by atoms with Gasteiger partial charge in [0, 0.05) is 17.7 Å². The minimum Gasteiger partial charge on any atom is -0.299 e. The van der Waals surface area contributed by atoms with E-state index in [1.54, 1.807) is 0 Å². The van der Waals surface area contributed by atoms with E-state index in [9.17, 15) is 4.79 Å². The Hall–Kier alpha value is -0.0400. The number of alkyl halides is 1. The molecule has 2 saturated carbocycles. The lowest BCUT2D eigenvalue weighted by molar-refractivity contribution is -0.120. The number of hydrogen-bond acceptors (Lipinski definition) is 1. The molecule has 56 valence electrons. The maximum Gasteiger partial charge on any atom is 0.137 e. The minimum atomic E-state index is 0.159. The van der Waals surface area contributed by atoms with Crippen LogP contribution in [0.4, 0.5) is 0 Å². The van der Waals surface area contributed by atoms with Gasteiger partial charge in [-0.25, -0.2) is 0 Å². The van der Waals surface area contributed by atoms with E-state index in [2.05, 4.69) is 0 Å². The average Bonchev–Trinajstić information content (AvgIpc) is 2.21. The quantitative estimate of drug-likeness (QED) is 0.493. The molecule has 0 aromatic carbocycles. The van der Waals surface area contributed by atoms with Crippen molar-refractivity contribution in [2.75, 3.05) is 0 Å². The molecule has 2 fully saturated rings. The molecule has 0 aromatic rings. The molecule has 3 atom stereocenters. The molecule has 2 heteroatoms. The number of rotatable bonds is 0. The van der Waals surface area contributed by atoms with Gasteiger partial charge in [-0.05, 0) is 25.2 Å². The third-order valence-electron chi connectivity index (χ3n) is 2.78. The van der Waals surface area contributed by atoms with Crippen LogP contribution < -0.4 is 0 Å². The molecule has 0 heterocycles. The van der Waals surface area contributed by atoms with Gasteiger partial charge in [0.05, 0.1) is 0 Å². The van der Waals surface area contributed by atoms with Crippen molar-refractivity contribution in [2.45, 2.75) is 31.1 Å². The van der Waals surface area contributed by atoms with Gasteiger partial charge < -0.3 is 0 Å². The Morgan fingerprint density at radius 3 is 2.90 bits per heavy atom. The summed E-state index contributed by atoms with van der Waals surface area (Å²) >= 11 is 5.98. The van der Waals surface area contributed by atoms with Crippen molar-refractivity contribution in [3.8, 4) is 0 Å². The number of halogens is 1. The van der Waals surface area contributed by atoms with Gasteiger partial charge in [-0.1, -0.05) is 0 Å². The molecule has 0 unspecified atom stereocenters. The standard InChI is InChI=1S/C8H11ClO/c9-7-2-1-5-3-6(7)8(10)4-5/h5-7H,1-4H2/t5-,6-,7-/m1/s1. The fourth-order valence-electron chi connectivity index (χ4n) is 2.18. The fraction of sp³-hybridized carbons (Fsp3) is 0.875. The Kier molecular flexibility index (Phi) is 1.48. The molecule has 0 aromatic heterocycles. The van der Waals surface area contributed by atoms with Crippen molar-refractivity contribution in [1.82, 2.24) is 0 Å². The predicted octanol–water partition coefficient (Wildman–Crippen LogP) is 1.98. The second kappa shape index (κ2) is 2.23. The van der Waals surface area contributed by atoms with Crippen LogP contribution in [0.3, 0.4) is 0 Å². The van der Waals surface area contributed by atoms with Crippen molar-refractivity contribution in [2.24, 2.45) is 11.8 Å². The van der Waals surface area contributed by atoms with Crippen LogP contribution in [0.1, 0.15) is 25.7 Å². The van der Waals surface area contributed by atoms with Crippen molar-refractivity contribution >= 4 is 17.4 Å². The number of hydrogen-bond donors (Lipinski definition) is 0. The molecule has 2 aliphatic rings. The lowest BCUT2D eigenvalue weighted by Gasteiger charge is -2.21. The SMILES string of the molecule is O=C1C[C@@H]2CC[C@@H](Cl)[C@H]1C2. The van der Waals surface area contributed by atoms with Crippen LogP contribution in [0.15, 0.2) is 0 Å². The van der Waals surface area contributed by atoms with Crippen LogP contribution in [0.5, 0.6) is 0 Å². The van der Waals surface area contributed by atoms with E-state index >= 15 is 0 Å². The van der Waals surface area contributed by atoms with Crippen molar-refractivity contribution in [3.05, 3.63) is 0 Å². The molecule has 0 radical (unpaired) electrons. The van der Waals surface area contributed by atoms with Crippen LogP contribution in [0.2, 0.25) is 0 Å². The number of carbonyl (C=O) groups excluding carboxylic acids is 1. The van der Waals surface area contributed by atoms with Gasteiger partial charge in [0.2, 0.25) is 0 Å². The minimum absolute atomic E-state index is 0.159. The highest BCUT2D eigenvalue weighted by Gasteiger charge is 2.40. The van der Waals surface area contributed by atoms with Gasteiger partial charge in [0.1, 0.15) is 5.78 Å². The molecular weight excluding hydrogens is 148 g/mol. The molecule has 0 N–H and O–H groups in total. The Balaban J connectivity index is 2.17. The van der Waals surface area contributed by atoms with Crippen molar-refractivity contribution < 1.29 is 4.79 Å². The molecule has 0 amide bonds. The van der Waals surface area contributed by atoms with E-state index in [4.69, 9.17) is 11.6 Å². The summed E-state index contributed by atoms with van der Waals surface area (Å²) in [5.74, 6) is 1.33. The molecule has 2 aliphatic carbocycles. The van der Waals surface area contributed by atoms with Gasteiger partial charge in [0.15, 0.2) is 0 Å². The van der Waals surface area contributed by atoms with E-state index < -0.39 is 0 Å². The first-order chi connectivity index (χ1) is 4.77. The van der Waals surface area contributed by atoms with Gasteiger partial charge in [-0.3, -0.25) is 4.79 Å². The van der Waals surface area contributed by atoms with Gasteiger partial charge in [0.25, 0.3) is 0 Å². The summed E-state index contributed by atoms with van der Waals surface area (Å²) in [5, 5.41) is 0.159. The van der Waals surface area contributed by atoms with Crippen LogP contribution in [-0.4, -0.2) is 11.2 Å². The third kappa shape index (κ3) is 0.878. The summed E-state index contributed by atoms with van der Waals surface area (Å²) in [6.07, 6.45) is 4.12. The lowest BCUT2D eigenvalue weighted by Crippen LogP contribution is -2.21. The highest BCUT2D eigenvalue weighted by Crippen LogP contribution is 2.41. The first-order valence-electron chi connectivity index (χ1n) is 3.94. The second-order valence-electron chi connectivity index (χ2n) is 3.47. The Morgan fingerprint density at radius 2 is 2.20 bits per heavy atom. The summed E-state index contributed by atoms with van der Waals surface area (Å²) in [7, 11) is 0. The first-order valence-corrected chi connectivity index (χ1v) is 4.38. The van der Waals surface area contributed by atoms with Crippen LogP contribution in [0, 0.1) is 11.8 Å². The molecule has 1 nitrogen and oxygen atoms in total. The average molecular weight is 159 g/mol. The summed E-state index contributed by atoms with van der Waals surface area (Å²) < 4.78 is 0. The Labute approximate surface area is 65.7 Å². The van der Waals surface area contributed by atoms with Gasteiger partial charge in [-0.2, -0.15) is 0 Å². The van der Waals surface area contributed by atoms with Gasteiger partial charge >= 0.3 is 0 Å².